The molecule has 1 rings (SSSR count). The van der Waals surface area contributed by atoms with E-state index in [9.17, 15) is 9.59 Å². The molecule has 0 heterocycles. The summed E-state index contributed by atoms with van der Waals surface area (Å²) in [5.74, 6) is -0.812. The molecule has 0 bridgehead atoms. The van der Waals surface area contributed by atoms with Crippen LogP contribution in [-0.4, -0.2) is 48.1 Å². The largest absolute Gasteiger partial charge is 0.395 e. The third-order valence-corrected chi connectivity index (χ3v) is 3.29. The molecule has 6 heteroatoms. The van der Waals surface area contributed by atoms with Crippen LogP contribution in [0.4, 0.5) is 0 Å². The van der Waals surface area contributed by atoms with Crippen LogP contribution in [0.15, 0.2) is 28.7 Å². The van der Waals surface area contributed by atoms with Crippen LogP contribution in [0.5, 0.6) is 0 Å². The molecule has 2 N–H and O–H groups in total. The van der Waals surface area contributed by atoms with E-state index in [0.29, 0.717) is 23.1 Å². The SMILES string of the molecule is CCN(CCO)CC(=O)NC(=O)c1ccccc1Br. The molecule has 0 fully saturated rings. The van der Waals surface area contributed by atoms with Crippen molar-refractivity contribution in [3.8, 4) is 0 Å². The van der Waals surface area contributed by atoms with Gasteiger partial charge in [0.1, 0.15) is 0 Å². The van der Waals surface area contributed by atoms with Crippen molar-refractivity contribution in [2.75, 3.05) is 26.2 Å². The van der Waals surface area contributed by atoms with Gasteiger partial charge >= 0.3 is 0 Å². The Balaban J connectivity index is 2.57. The first kappa shape index (κ1) is 15.8. The number of halogens is 1. The van der Waals surface area contributed by atoms with Crippen molar-refractivity contribution >= 4 is 27.7 Å². The molecule has 19 heavy (non-hydrogen) atoms. The van der Waals surface area contributed by atoms with Crippen molar-refractivity contribution < 1.29 is 14.7 Å². The van der Waals surface area contributed by atoms with Gasteiger partial charge in [0.05, 0.1) is 18.7 Å². The quantitative estimate of drug-likeness (QED) is 0.818. The number of carbonyl (C=O) groups excluding carboxylic acids is 2. The highest BCUT2D eigenvalue weighted by atomic mass is 79.9. The lowest BCUT2D eigenvalue weighted by atomic mass is 10.2. The molecular weight excluding hydrogens is 312 g/mol. The van der Waals surface area contributed by atoms with Crippen molar-refractivity contribution in [2.24, 2.45) is 0 Å². The molecule has 0 aliphatic heterocycles. The van der Waals surface area contributed by atoms with Crippen LogP contribution < -0.4 is 5.32 Å². The molecule has 0 aromatic heterocycles. The number of aliphatic hydroxyl groups is 1. The fraction of sp³-hybridized carbons (Fsp3) is 0.385. The van der Waals surface area contributed by atoms with E-state index in [-0.39, 0.29) is 19.1 Å². The molecule has 0 unspecified atom stereocenters. The van der Waals surface area contributed by atoms with Gasteiger partial charge in [-0.15, -0.1) is 0 Å². The van der Waals surface area contributed by atoms with E-state index in [2.05, 4.69) is 21.2 Å². The number of benzene rings is 1. The van der Waals surface area contributed by atoms with Crippen LogP contribution in [-0.2, 0) is 4.79 Å². The van der Waals surface area contributed by atoms with Gasteiger partial charge in [0.2, 0.25) is 5.91 Å². The maximum atomic E-state index is 11.9. The molecular formula is C13H17BrN2O3. The number of carbonyl (C=O) groups is 2. The molecule has 0 spiro atoms. The van der Waals surface area contributed by atoms with E-state index in [0.717, 1.165) is 0 Å². The van der Waals surface area contributed by atoms with Crippen LogP contribution in [0.3, 0.4) is 0 Å². The van der Waals surface area contributed by atoms with Gasteiger partial charge in [-0.1, -0.05) is 19.1 Å². The summed E-state index contributed by atoms with van der Waals surface area (Å²) in [7, 11) is 0. The highest BCUT2D eigenvalue weighted by Crippen LogP contribution is 2.15. The maximum Gasteiger partial charge on any atom is 0.259 e. The Bertz CT molecular complexity index is 451. The lowest BCUT2D eigenvalue weighted by Gasteiger charge is -2.18. The van der Waals surface area contributed by atoms with Gasteiger partial charge in [0.15, 0.2) is 0 Å². The minimum absolute atomic E-state index is 0.0146. The smallest absolute Gasteiger partial charge is 0.259 e. The Kier molecular flexibility index (Phi) is 6.69. The topological polar surface area (TPSA) is 69.6 Å². The van der Waals surface area contributed by atoms with Gasteiger partial charge in [-0.2, -0.15) is 0 Å². The minimum atomic E-state index is -0.433. The normalized spacial score (nSPS) is 10.5. The van der Waals surface area contributed by atoms with Gasteiger partial charge in [0, 0.05) is 11.0 Å². The zero-order chi connectivity index (χ0) is 14.3. The fourth-order valence-corrected chi connectivity index (χ4v) is 2.04. The number of likely N-dealkylation sites (N-methyl/N-ethyl adjacent to an activating group) is 1. The molecule has 0 aliphatic carbocycles. The summed E-state index contributed by atoms with van der Waals surface area (Å²) in [5.41, 5.74) is 0.418. The van der Waals surface area contributed by atoms with E-state index >= 15 is 0 Å². The Morgan fingerprint density at radius 3 is 2.63 bits per heavy atom. The van der Waals surface area contributed by atoms with E-state index in [1.54, 1.807) is 29.2 Å². The molecule has 5 nitrogen and oxygen atoms in total. The Hall–Kier alpha value is -1.24. The molecule has 1 aromatic carbocycles. The third kappa shape index (κ3) is 5.10. The lowest BCUT2D eigenvalue weighted by molar-refractivity contribution is -0.121. The molecule has 0 saturated carbocycles. The van der Waals surface area contributed by atoms with Crippen LogP contribution in [0.25, 0.3) is 0 Å². The number of nitrogens with one attached hydrogen (secondary N) is 1. The van der Waals surface area contributed by atoms with Crippen molar-refractivity contribution in [1.29, 1.82) is 0 Å². The predicted octanol–water partition coefficient (Wildman–Crippen LogP) is 1.02. The van der Waals surface area contributed by atoms with Crippen LogP contribution in [0.1, 0.15) is 17.3 Å². The minimum Gasteiger partial charge on any atom is -0.395 e. The summed E-state index contributed by atoms with van der Waals surface area (Å²) in [5, 5.41) is 11.2. The molecule has 104 valence electrons. The van der Waals surface area contributed by atoms with E-state index in [4.69, 9.17) is 5.11 Å². The monoisotopic (exact) mass is 328 g/mol. The Morgan fingerprint density at radius 2 is 2.05 bits per heavy atom. The average molecular weight is 329 g/mol. The molecule has 0 saturated heterocycles. The number of nitrogens with zero attached hydrogens (tertiary/aromatic N) is 1. The predicted molar refractivity (Wildman–Crippen MR) is 75.8 cm³/mol. The first-order valence-corrected chi connectivity index (χ1v) is 6.79. The number of hydrogen-bond acceptors (Lipinski definition) is 4. The Morgan fingerprint density at radius 1 is 1.37 bits per heavy atom. The average Bonchev–Trinajstić information content (AvgIpc) is 2.38. The molecule has 1 aromatic rings. The molecule has 0 aliphatic rings. The van der Waals surface area contributed by atoms with Crippen molar-refractivity contribution in [3.05, 3.63) is 34.3 Å². The molecule has 2 amide bonds. The lowest BCUT2D eigenvalue weighted by Crippen LogP contribution is -2.41. The summed E-state index contributed by atoms with van der Waals surface area (Å²) in [6, 6.07) is 6.90. The van der Waals surface area contributed by atoms with E-state index in [1.807, 2.05) is 6.92 Å². The third-order valence-electron chi connectivity index (χ3n) is 2.60. The standard InChI is InChI=1S/C13H17BrN2O3/c1-2-16(7-8-17)9-12(18)15-13(19)10-5-3-4-6-11(10)14/h3-6,17H,2,7-9H2,1H3,(H,15,18,19). The van der Waals surface area contributed by atoms with Gasteiger partial charge in [0.25, 0.3) is 5.91 Å². The van der Waals surface area contributed by atoms with Gasteiger partial charge in [-0.3, -0.25) is 19.8 Å². The number of amides is 2. The first-order chi connectivity index (χ1) is 9.08. The van der Waals surface area contributed by atoms with Crippen LogP contribution in [0.2, 0.25) is 0 Å². The number of rotatable bonds is 6. The second kappa shape index (κ2) is 8.04. The van der Waals surface area contributed by atoms with Crippen LogP contribution in [0, 0.1) is 0 Å². The first-order valence-electron chi connectivity index (χ1n) is 6.00. The number of aliphatic hydroxyl groups excluding tert-OH is 1. The van der Waals surface area contributed by atoms with Crippen molar-refractivity contribution in [3.63, 3.8) is 0 Å². The van der Waals surface area contributed by atoms with Gasteiger partial charge in [-0.05, 0) is 34.6 Å². The number of hydrogen-bond donors (Lipinski definition) is 2. The molecule has 0 radical (unpaired) electrons. The van der Waals surface area contributed by atoms with Crippen molar-refractivity contribution in [1.82, 2.24) is 10.2 Å². The van der Waals surface area contributed by atoms with Crippen molar-refractivity contribution in [2.45, 2.75) is 6.92 Å². The van der Waals surface area contributed by atoms with Gasteiger partial charge in [-0.25, -0.2) is 0 Å². The highest BCUT2D eigenvalue weighted by molar-refractivity contribution is 9.10. The van der Waals surface area contributed by atoms with E-state index < -0.39 is 5.91 Å². The summed E-state index contributed by atoms with van der Waals surface area (Å²) in [4.78, 5) is 25.3. The zero-order valence-electron chi connectivity index (χ0n) is 10.7. The summed E-state index contributed by atoms with van der Waals surface area (Å²) in [6.07, 6.45) is 0. The Labute approximate surface area is 120 Å². The second-order valence-electron chi connectivity index (χ2n) is 3.95. The highest BCUT2D eigenvalue weighted by Gasteiger charge is 2.14. The summed E-state index contributed by atoms with van der Waals surface area (Å²) in [6.45, 7) is 3.01. The van der Waals surface area contributed by atoms with Gasteiger partial charge < -0.3 is 5.11 Å². The number of imide groups is 1. The molecule has 0 atom stereocenters. The second-order valence-corrected chi connectivity index (χ2v) is 4.80. The van der Waals surface area contributed by atoms with E-state index in [1.165, 1.54) is 0 Å². The maximum absolute atomic E-state index is 11.9. The zero-order valence-corrected chi connectivity index (χ0v) is 12.3. The summed E-state index contributed by atoms with van der Waals surface area (Å²) < 4.78 is 0.642. The fourth-order valence-electron chi connectivity index (χ4n) is 1.57. The van der Waals surface area contributed by atoms with Crippen LogP contribution >= 0.6 is 15.9 Å². The summed E-state index contributed by atoms with van der Waals surface area (Å²) >= 11 is 3.26.